The molecule has 1 aliphatic rings. The fourth-order valence-corrected chi connectivity index (χ4v) is 3.76. The Labute approximate surface area is 110 Å². The van der Waals surface area contributed by atoms with Crippen molar-refractivity contribution in [1.82, 2.24) is 0 Å². The normalized spacial score (nSPS) is 25.5. The number of hydrogen-bond acceptors (Lipinski definition) is 2. The van der Waals surface area contributed by atoms with Gasteiger partial charge in [-0.25, -0.2) is 0 Å². The molecule has 2 atom stereocenters. The van der Waals surface area contributed by atoms with Crippen molar-refractivity contribution in [2.24, 2.45) is 0 Å². The third-order valence-electron chi connectivity index (χ3n) is 2.91. The van der Waals surface area contributed by atoms with Crippen molar-refractivity contribution in [2.75, 3.05) is 11.1 Å². The molecule has 1 aliphatic heterocycles. The minimum absolute atomic E-state index is 0.647. The Kier molecular flexibility index (Phi) is 3.83. The Morgan fingerprint density at radius 2 is 2.27 bits per heavy atom. The first-order valence-electron chi connectivity index (χ1n) is 5.31. The zero-order valence-electron chi connectivity index (χ0n) is 9.09. The number of aryl methyl sites for hydroxylation is 1. The molecule has 0 amide bonds. The molecule has 0 bridgehead atoms. The molecular weight excluding hydrogens is 317 g/mol. The van der Waals surface area contributed by atoms with E-state index in [1.807, 2.05) is 0 Å². The van der Waals surface area contributed by atoms with E-state index in [1.54, 1.807) is 0 Å². The van der Waals surface area contributed by atoms with E-state index in [-0.39, 0.29) is 0 Å². The van der Waals surface area contributed by atoms with Crippen LogP contribution in [0.5, 0.6) is 0 Å². The fraction of sp³-hybridized carbons (Fsp3) is 0.500. The van der Waals surface area contributed by atoms with Gasteiger partial charge < -0.3 is 5.32 Å². The summed E-state index contributed by atoms with van der Waals surface area (Å²) in [6, 6.07) is 7.25. The number of benzene rings is 1. The van der Waals surface area contributed by atoms with Crippen molar-refractivity contribution in [2.45, 2.75) is 31.6 Å². The zero-order valence-corrected chi connectivity index (χ0v) is 12.1. The highest BCUT2D eigenvalue weighted by atomic mass is 127. The lowest BCUT2D eigenvalue weighted by Gasteiger charge is -2.19. The largest absolute Gasteiger partial charge is 0.381 e. The zero-order chi connectivity index (χ0) is 10.8. The summed E-state index contributed by atoms with van der Waals surface area (Å²) < 4.78 is 1.31. The maximum absolute atomic E-state index is 3.66. The summed E-state index contributed by atoms with van der Waals surface area (Å²) in [5.41, 5.74) is 2.65. The first kappa shape index (κ1) is 11.6. The third kappa shape index (κ3) is 2.81. The van der Waals surface area contributed by atoms with E-state index in [2.05, 4.69) is 71.7 Å². The molecular formula is C12H16INS. The number of anilines is 1. The van der Waals surface area contributed by atoms with Crippen molar-refractivity contribution in [3.8, 4) is 0 Å². The van der Waals surface area contributed by atoms with Gasteiger partial charge in [0.25, 0.3) is 0 Å². The summed E-state index contributed by atoms with van der Waals surface area (Å²) in [7, 11) is 0. The number of thioether (sulfide) groups is 1. The van der Waals surface area contributed by atoms with Crippen molar-refractivity contribution < 1.29 is 0 Å². The van der Waals surface area contributed by atoms with Gasteiger partial charge in [0.1, 0.15) is 0 Å². The minimum atomic E-state index is 0.647. The van der Waals surface area contributed by atoms with Crippen LogP contribution in [0.2, 0.25) is 0 Å². The maximum Gasteiger partial charge on any atom is 0.0385 e. The van der Waals surface area contributed by atoms with E-state index in [1.165, 1.54) is 27.0 Å². The molecule has 0 spiro atoms. The predicted molar refractivity (Wildman–Crippen MR) is 77.8 cm³/mol. The molecule has 3 heteroatoms. The van der Waals surface area contributed by atoms with Crippen molar-refractivity contribution in [1.29, 1.82) is 0 Å². The van der Waals surface area contributed by atoms with Crippen molar-refractivity contribution in [3.63, 3.8) is 0 Å². The van der Waals surface area contributed by atoms with Crippen LogP contribution in [0.1, 0.15) is 18.9 Å². The Morgan fingerprint density at radius 1 is 1.47 bits per heavy atom. The first-order chi connectivity index (χ1) is 7.16. The second-order valence-electron chi connectivity index (χ2n) is 4.07. The van der Waals surface area contributed by atoms with Gasteiger partial charge in [0.2, 0.25) is 0 Å². The van der Waals surface area contributed by atoms with Gasteiger partial charge in [0.05, 0.1) is 0 Å². The molecule has 0 saturated carbocycles. The van der Waals surface area contributed by atoms with Crippen LogP contribution in [-0.4, -0.2) is 17.0 Å². The lowest BCUT2D eigenvalue weighted by atomic mass is 10.1. The quantitative estimate of drug-likeness (QED) is 0.824. The van der Waals surface area contributed by atoms with Crippen LogP contribution in [0.3, 0.4) is 0 Å². The molecule has 0 aliphatic carbocycles. The molecule has 0 aromatic heterocycles. The highest BCUT2D eigenvalue weighted by Crippen LogP contribution is 2.30. The number of nitrogens with one attached hydrogen (secondary N) is 1. The molecule has 2 unspecified atom stereocenters. The molecule has 1 nitrogen and oxygen atoms in total. The fourth-order valence-electron chi connectivity index (χ4n) is 1.91. The van der Waals surface area contributed by atoms with Gasteiger partial charge in [0, 0.05) is 20.5 Å². The monoisotopic (exact) mass is 333 g/mol. The number of rotatable bonds is 2. The SMILES string of the molecule is Cc1cc(I)ccc1NC1CCSC1C. The van der Waals surface area contributed by atoms with E-state index in [9.17, 15) is 0 Å². The van der Waals surface area contributed by atoms with E-state index in [4.69, 9.17) is 0 Å². The number of hydrogen-bond donors (Lipinski definition) is 1. The lowest BCUT2D eigenvalue weighted by Crippen LogP contribution is -2.25. The maximum atomic E-state index is 3.66. The Hall–Kier alpha value is 0.1000. The first-order valence-corrected chi connectivity index (χ1v) is 7.44. The molecule has 2 rings (SSSR count). The average molecular weight is 333 g/mol. The smallest absolute Gasteiger partial charge is 0.0385 e. The van der Waals surface area contributed by atoms with E-state index in [0.717, 1.165) is 5.25 Å². The highest BCUT2D eigenvalue weighted by molar-refractivity contribution is 14.1. The lowest BCUT2D eigenvalue weighted by molar-refractivity contribution is 0.723. The van der Waals surface area contributed by atoms with Gasteiger partial charge in [-0.1, -0.05) is 6.92 Å². The highest BCUT2D eigenvalue weighted by Gasteiger charge is 2.23. The molecule has 0 radical (unpaired) electrons. The van der Waals surface area contributed by atoms with Crippen LogP contribution in [-0.2, 0) is 0 Å². The number of halogens is 1. The van der Waals surface area contributed by atoms with E-state index in [0.29, 0.717) is 6.04 Å². The van der Waals surface area contributed by atoms with E-state index < -0.39 is 0 Å². The Balaban J connectivity index is 2.10. The van der Waals surface area contributed by atoms with Gasteiger partial charge in [0.15, 0.2) is 0 Å². The molecule has 1 saturated heterocycles. The summed E-state index contributed by atoms with van der Waals surface area (Å²) in [4.78, 5) is 0. The molecule has 1 fully saturated rings. The second kappa shape index (κ2) is 4.95. The van der Waals surface area contributed by atoms with Crippen LogP contribution in [0.4, 0.5) is 5.69 Å². The van der Waals surface area contributed by atoms with Crippen LogP contribution >= 0.6 is 34.4 Å². The molecule has 1 heterocycles. The van der Waals surface area contributed by atoms with Crippen LogP contribution in [0.15, 0.2) is 18.2 Å². The van der Waals surface area contributed by atoms with Gasteiger partial charge in [-0.2, -0.15) is 11.8 Å². The molecule has 15 heavy (non-hydrogen) atoms. The minimum Gasteiger partial charge on any atom is -0.381 e. The molecule has 1 aromatic carbocycles. The van der Waals surface area contributed by atoms with Crippen LogP contribution in [0.25, 0.3) is 0 Å². The van der Waals surface area contributed by atoms with E-state index >= 15 is 0 Å². The Morgan fingerprint density at radius 3 is 2.87 bits per heavy atom. The summed E-state index contributed by atoms with van der Waals surface area (Å²) in [5.74, 6) is 1.29. The summed E-state index contributed by atoms with van der Waals surface area (Å²) >= 11 is 4.43. The van der Waals surface area contributed by atoms with Crippen LogP contribution in [0, 0.1) is 10.5 Å². The Bertz CT molecular complexity index is 353. The standard InChI is InChI=1S/C12H16INS/c1-8-7-10(13)3-4-11(8)14-12-5-6-15-9(12)2/h3-4,7,9,12,14H,5-6H2,1-2H3. The van der Waals surface area contributed by atoms with Gasteiger partial charge in [-0.15, -0.1) is 0 Å². The third-order valence-corrected chi connectivity index (χ3v) is 4.90. The van der Waals surface area contributed by atoms with Crippen molar-refractivity contribution >= 4 is 40.0 Å². The van der Waals surface area contributed by atoms with Crippen LogP contribution < -0.4 is 5.32 Å². The van der Waals surface area contributed by atoms with Gasteiger partial charge in [-0.3, -0.25) is 0 Å². The summed E-state index contributed by atoms with van der Waals surface area (Å²) in [6.45, 7) is 4.49. The molecule has 1 N–H and O–H groups in total. The van der Waals surface area contributed by atoms with Gasteiger partial charge >= 0.3 is 0 Å². The predicted octanol–water partition coefficient (Wildman–Crippen LogP) is 3.91. The van der Waals surface area contributed by atoms with Crippen molar-refractivity contribution in [3.05, 3.63) is 27.3 Å². The summed E-state index contributed by atoms with van der Waals surface area (Å²) in [6.07, 6.45) is 1.29. The van der Waals surface area contributed by atoms with Gasteiger partial charge in [-0.05, 0) is 65.5 Å². The second-order valence-corrected chi connectivity index (χ2v) is 6.81. The molecule has 82 valence electrons. The summed E-state index contributed by atoms with van der Waals surface area (Å²) in [5, 5.41) is 4.40. The molecule has 1 aromatic rings. The average Bonchev–Trinajstić information content (AvgIpc) is 2.57. The topological polar surface area (TPSA) is 12.0 Å².